The highest BCUT2D eigenvalue weighted by molar-refractivity contribution is 6.03. The van der Waals surface area contributed by atoms with Crippen molar-refractivity contribution in [1.82, 2.24) is 0 Å². The Morgan fingerprint density at radius 3 is 2.04 bits per heavy atom. The van der Waals surface area contributed by atoms with Crippen molar-refractivity contribution in [2.75, 3.05) is 31.5 Å². The molecule has 7 nitrogen and oxygen atoms in total. The van der Waals surface area contributed by atoms with Crippen LogP contribution in [0.5, 0.6) is 17.2 Å². The fraction of sp³-hybridized carbons (Fsp3) is 0.333. The molecule has 2 aromatic carbocycles. The lowest BCUT2D eigenvalue weighted by Gasteiger charge is -2.10. The minimum absolute atomic E-state index is 0.156. The van der Waals surface area contributed by atoms with Gasteiger partial charge in [0.2, 0.25) is 11.8 Å². The highest BCUT2D eigenvalue weighted by Gasteiger charge is 2.48. The van der Waals surface area contributed by atoms with Gasteiger partial charge in [0, 0.05) is 17.4 Å². The Labute approximate surface area is 164 Å². The van der Waals surface area contributed by atoms with Gasteiger partial charge in [0.25, 0.3) is 0 Å². The summed E-state index contributed by atoms with van der Waals surface area (Å²) in [5, 5.41) is 5.67. The topological polar surface area (TPSA) is 85.9 Å². The molecule has 7 heteroatoms. The van der Waals surface area contributed by atoms with Gasteiger partial charge < -0.3 is 24.8 Å². The number of amides is 2. The van der Waals surface area contributed by atoms with Crippen LogP contribution in [-0.2, 0) is 9.59 Å². The van der Waals surface area contributed by atoms with Crippen LogP contribution in [0, 0.1) is 11.8 Å². The molecule has 2 unspecified atom stereocenters. The molecule has 1 aliphatic carbocycles. The second-order valence-electron chi connectivity index (χ2n) is 6.45. The largest absolute Gasteiger partial charge is 0.494 e. The average Bonchev–Trinajstić information content (AvgIpc) is 3.51. The maximum Gasteiger partial charge on any atom is 0.228 e. The minimum atomic E-state index is -0.337. The maximum atomic E-state index is 12.4. The van der Waals surface area contributed by atoms with Crippen LogP contribution in [0.15, 0.2) is 42.5 Å². The number of nitrogens with one attached hydrogen (secondary N) is 2. The van der Waals surface area contributed by atoms with Gasteiger partial charge in [0.15, 0.2) is 11.5 Å². The van der Waals surface area contributed by atoms with Crippen LogP contribution in [0.25, 0.3) is 0 Å². The Balaban J connectivity index is 1.54. The second kappa shape index (κ2) is 8.65. The summed E-state index contributed by atoms with van der Waals surface area (Å²) in [5.74, 6) is 0.859. The van der Waals surface area contributed by atoms with E-state index >= 15 is 0 Å². The SMILES string of the molecule is CCOc1ccc(NC(=O)C2CC2C(=O)Nc2ccc(OC)c(OC)c2)cc1. The van der Waals surface area contributed by atoms with Crippen LogP contribution in [-0.4, -0.2) is 32.6 Å². The number of carbonyl (C=O) groups excluding carboxylic acids is 2. The van der Waals surface area contributed by atoms with Crippen molar-refractivity contribution in [2.24, 2.45) is 11.8 Å². The summed E-state index contributed by atoms with van der Waals surface area (Å²) in [6.45, 7) is 2.50. The van der Waals surface area contributed by atoms with Crippen molar-refractivity contribution in [3.63, 3.8) is 0 Å². The molecule has 0 radical (unpaired) electrons. The predicted molar refractivity (Wildman–Crippen MR) is 106 cm³/mol. The van der Waals surface area contributed by atoms with Gasteiger partial charge in [-0.05, 0) is 49.7 Å². The number of anilines is 2. The smallest absolute Gasteiger partial charge is 0.228 e. The van der Waals surface area contributed by atoms with Gasteiger partial charge in [-0.15, -0.1) is 0 Å². The number of carbonyl (C=O) groups is 2. The number of methoxy groups -OCH3 is 2. The van der Waals surface area contributed by atoms with Crippen molar-refractivity contribution < 1.29 is 23.8 Å². The van der Waals surface area contributed by atoms with Crippen LogP contribution in [0.3, 0.4) is 0 Å². The zero-order valence-corrected chi connectivity index (χ0v) is 16.2. The van der Waals surface area contributed by atoms with Gasteiger partial charge in [-0.3, -0.25) is 9.59 Å². The molecule has 1 fully saturated rings. The van der Waals surface area contributed by atoms with E-state index < -0.39 is 0 Å². The number of benzene rings is 2. The molecular formula is C21H24N2O5. The van der Waals surface area contributed by atoms with Gasteiger partial charge in [-0.1, -0.05) is 0 Å². The molecule has 0 aromatic heterocycles. The van der Waals surface area contributed by atoms with Crippen molar-refractivity contribution in [1.29, 1.82) is 0 Å². The van der Waals surface area contributed by atoms with Crippen molar-refractivity contribution in [3.8, 4) is 17.2 Å². The summed E-state index contributed by atoms with van der Waals surface area (Å²) >= 11 is 0. The third-order valence-corrected chi connectivity index (χ3v) is 4.55. The molecule has 3 rings (SSSR count). The van der Waals surface area contributed by atoms with E-state index in [4.69, 9.17) is 14.2 Å². The number of hydrogen-bond acceptors (Lipinski definition) is 5. The summed E-state index contributed by atoms with van der Waals surface area (Å²) in [6, 6.07) is 12.3. The molecule has 2 aromatic rings. The molecule has 28 heavy (non-hydrogen) atoms. The Kier molecular flexibility index (Phi) is 6.03. The molecular weight excluding hydrogens is 360 g/mol. The summed E-state index contributed by atoms with van der Waals surface area (Å²) in [7, 11) is 3.08. The number of hydrogen-bond donors (Lipinski definition) is 2. The van der Waals surface area contributed by atoms with Gasteiger partial charge in [-0.25, -0.2) is 0 Å². The lowest BCUT2D eigenvalue weighted by molar-refractivity contribution is -0.122. The summed E-state index contributed by atoms with van der Waals surface area (Å²) in [5.41, 5.74) is 1.28. The van der Waals surface area contributed by atoms with Gasteiger partial charge in [0.05, 0.1) is 32.7 Å². The van der Waals surface area contributed by atoms with E-state index in [0.717, 1.165) is 5.75 Å². The third kappa shape index (κ3) is 4.54. The van der Waals surface area contributed by atoms with Gasteiger partial charge in [-0.2, -0.15) is 0 Å². The predicted octanol–water partition coefficient (Wildman–Crippen LogP) is 3.32. The van der Waals surface area contributed by atoms with E-state index in [2.05, 4.69) is 10.6 Å². The summed E-state index contributed by atoms with van der Waals surface area (Å²) in [4.78, 5) is 24.8. The Morgan fingerprint density at radius 1 is 0.893 bits per heavy atom. The van der Waals surface area contributed by atoms with E-state index in [0.29, 0.717) is 35.9 Å². The molecule has 1 saturated carbocycles. The quantitative estimate of drug-likeness (QED) is 0.729. The zero-order chi connectivity index (χ0) is 20.1. The zero-order valence-electron chi connectivity index (χ0n) is 16.2. The molecule has 2 amide bonds. The van der Waals surface area contributed by atoms with E-state index in [9.17, 15) is 9.59 Å². The molecule has 0 heterocycles. The van der Waals surface area contributed by atoms with Gasteiger partial charge >= 0.3 is 0 Å². The lowest BCUT2D eigenvalue weighted by Crippen LogP contribution is -2.20. The van der Waals surface area contributed by atoms with Crippen LogP contribution < -0.4 is 24.8 Å². The van der Waals surface area contributed by atoms with E-state index in [1.54, 1.807) is 49.6 Å². The Hall–Kier alpha value is -3.22. The van der Waals surface area contributed by atoms with E-state index in [1.807, 2.05) is 6.92 Å². The van der Waals surface area contributed by atoms with Crippen LogP contribution >= 0.6 is 0 Å². The first-order valence-corrected chi connectivity index (χ1v) is 9.12. The first-order chi connectivity index (χ1) is 13.5. The molecule has 0 saturated heterocycles. The molecule has 148 valence electrons. The van der Waals surface area contributed by atoms with E-state index in [-0.39, 0.29) is 23.7 Å². The first-order valence-electron chi connectivity index (χ1n) is 9.12. The van der Waals surface area contributed by atoms with Gasteiger partial charge in [0.1, 0.15) is 5.75 Å². The monoisotopic (exact) mass is 384 g/mol. The molecule has 1 aliphatic rings. The lowest BCUT2D eigenvalue weighted by atomic mass is 10.2. The van der Waals surface area contributed by atoms with Crippen molar-refractivity contribution >= 4 is 23.2 Å². The highest BCUT2D eigenvalue weighted by atomic mass is 16.5. The highest BCUT2D eigenvalue weighted by Crippen LogP contribution is 2.40. The summed E-state index contributed by atoms with van der Waals surface area (Å²) in [6.07, 6.45) is 0.530. The molecule has 2 N–H and O–H groups in total. The standard InChI is InChI=1S/C21H24N2O5/c1-4-28-15-8-5-13(6-9-15)22-20(24)16-12-17(16)21(25)23-14-7-10-18(26-2)19(11-14)27-3/h5-11,16-17H,4,12H2,1-3H3,(H,22,24)(H,23,25). The molecule has 0 bridgehead atoms. The maximum absolute atomic E-state index is 12.4. The first kappa shape index (κ1) is 19.5. The molecule has 2 atom stereocenters. The summed E-state index contributed by atoms with van der Waals surface area (Å²) < 4.78 is 15.8. The minimum Gasteiger partial charge on any atom is -0.494 e. The van der Waals surface area contributed by atoms with Crippen molar-refractivity contribution in [3.05, 3.63) is 42.5 Å². The Morgan fingerprint density at radius 2 is 1.46 bits per heavy atom. The van der Waals surface area contributed by atoms with Crippen molar-refractivity contribution in [2.45, 2.75) is 13.3 Å². The third-order valence-electron chi connectivity index (χ3n) is 4.55. The van der Waals surface area contributed by atoms with Crippen LogP contribution in [0.2, 0.25) is 0 Å². The van der Waals surface area contributed by atoms with Crippen LogP contribution in [0.1, 0.15) is 13.3 Å². The second-order valence-corrected chi connectivity index (χ2v) is 6.45. The Bertz CT molecular complexity index is 850. The number of rotatable bonds is 8. The fourth-order valence-corrected chi connectivity index (χ4v) is 2.96. The van der Waals surface area contributed by atoms with E-state index in [1.165, 1.54) is 7.11 Å². The normalized spacial score (nSPS) is 17.4. The average molecular weight is 384 g/mol. The molecule has 0 aliphatic heterocycles. The number of ether oxygens (including phenoxy) is 3. The fourth-order valence-electron chi connectivity index (χ4n) is 2.96. The molecule has 0 spiro atoms. The van der Waals surface area contributed by atoms with Crippen LogP contribution in [0.4, 0.5) is 11.4 Å².